The molecule has 0 radical (unpaired) electrons. The van der Waals surface area contributed by atoms with Crippen molar-refractivity contribution in [3.8, 4) is 11.5 Å². The number of carbonyl (C=O) groups excluding carboxylic acids is 1. The maximum atomic E-state index is 14.6. The lowest BCUT2D eigenvalue weighted by Crippen LogP contribution is -2.43. The molecule has 0 aromatic heterocycles. The van der Waals surface area contributed by atoms with Gasteiger partial charge >= 0.3 is 0 Å². The second kappa shape index (κ2) is 11.3. The Bertz CT molecular complexity index is 860. The average molecular weight is 510 g/mol. The molecule has 31 heavy (non-hydrogen) atoms. The van der Waals surface area contributed by atoms with E-state index in [9.17, 15) is 9.18 Å². The topological polar surface area (TPSA) is 35.5 Å². The zero-order chi connectivity index (χ0) is 23.1. The quantitative estimate of drug-likeness (QED) is 0.134. The van der Waals surface area contributed by atoms with E-state index in [2.05, 4.69) is 49.8 Å². The highest BCUT2D eigenvalue weighted by molar-refractivity contribution is 9.09. The number of ether oxygens (including phenoxy) is 1. The van der Waals surface area contributed by atoms with Crippen LogP contribution in [0.15, 0.2) is 42.5 Å². The number of halogens is 2. The number of ketones is 1. The Morgan fingerprint density at radius 3 is 2.16 bits per heavy atom. The SMILES string of the molecule is CC(C)(C)[Si](C)(C)Oc1ccc(C(=O)c2ccc(OCCCCCCBr)cc2F)cc1. The van der Waals surface area contributed by atoms with Crippen LogP contribution in [0.4, 0.5) is 4.39 Å². The number of hydrogen-bond donors (Lipinski definition) is 0. The lowest BCUT2D eigenvalue weighted by atomic mass is 10.0. The number of unbranched alkanes of at least 4 members (excludes halogenated alkanes) is 3. The first kappa shape index (κ1) is 25.6. The van der Waals surface area contributed by atoms with Crippen LogP contribution in [0.3, 0.4) is 0 Å². The molecule has 0 aliphatic heterocycles. The molecule has 0 amide bonds. The zero-order valence-electron chi connectivity index (χ0n) is 19.3. The molecule has 170 valence electrons. The van der Waals surface area contributed by atoms with E-state index in [1.165, 1.54) is 12.1 Å². The Morgan fingerprint density at radius 1 is 0.968 bits per heavy atom. The van der Waals surface area contributed by atoms with Crippen LogP contribution in [0.1, 0.15) is 62.4 Å². The van der Waals surface area contributed by atoms with Crippen molar-refractivity contribution in [3.63, 3.8) is 0 Å². The molecule has 2 aromatic carbocycles. The van der Waals surface area contributed by atoms with Crippen molar-refractivity contribution < 1.29 is 18.3 Å². The molecule has 0 aliphatic carbocycles. The third-order valence-electron chi connectivity index (χ3n) is 5.78. The Labute approximate surface area is 195 Å². The summed E-state index contributed by atoms with van der Waals surface area (Å²) in [5, 5.41) is 1.10. The fourth-order valence-corrected chi connectivity index (χ4v) is 4.22. The number of hydrogen-bond acceptors (Lipinski definition) is 3. The second-order valence-electron chi connectivity index (χ2n) is 9.31. The highest BCUT2D eigenvalue weighted by Gasteiger charge is 2.38. The predicted octanol–water partition coefficient (Wildman–Crippen LogP) is 7.77. The molecule has 2 aromatic rings. The molecule has 2 rings (SSSR count). The van der Waals surface area contributed by atoms with Crippen LogP contribution >= 0.6 is 15.9 Å². The third kappa shape index (κ3) is 7.46. The minimum atomic E-state index is -1.95. The van der Waals surface area contributed by atoms with Crippen molar-refractivity contribution in [3.05, 3.63) is 59.4 Å². The highest BCUT2D eigenvalue weighted by Crippen LogP contribution is 2.37. The smallest absolute Gasteiger partial charge is 0.250 e. The first-order valence-electron chi connectivity index (χ1n) is 10.9. The van der Waals surface area contributed by atoms with Gasteiger partial charge in [-0.15, -0.1) is 0 Å². The molecule has 0 fully saturated rings. The minimum absolute atomic E-state index is 0.0442. The molecule has 0 N–H and O–H groups in total. The Hall–Kier alpha value is -1.66. The van der Waals surface area contributed by atoms with Crippen molar-refractivity contribution >= 4 is 30.0 Å². The number of benzene rings is 2. The van der Waals surface area contributed by atoms with Crippen molar-refractivity contribution in [2.75, 3.05) is 11.9 Å². The summed E-state index contributed by atoms with van der Waals surface area (Å²) in [5.41, 5.74) is 0.477. The normalized spacial score (nSPS) is 12.0. The van der Waals surface area contributed by atoms with Crippen LogP contribution < -0.4 is 9.16 Å². The van der Waals surface area contributed by atoms with Crippen LogP contribution in [0.5, 0.6) is 11.5 Å². The maximum Gasteiger partial charge on any atom is 0.250 e. The van der Waals surface area contributed by atoms with Crippen molar-refractivity contribution in [2.24, 2.45) is 0 Å². The number of alkyl halides is 1. The molecule has 0 bridgehead atoms. The lowest BCUT2D eigenvalue weighted by Gasteiger charge is -2.36. The Kier molecular flexibility index (Phi) is 9.31. The van der Waals surface area contributed by atoms with Gasteiger partial charge in [-0.2, -0.15) is 0 Å². The van der Waals surface area contributed by atoms with Crippen molar-refractivity contribution in [2.45, 2.75) is 64.6 Å². The Balaban J connectivity index is 1.99. The Morgan fingerprint density at radius 2 is 1.58 bits per heavy atom. The summed E-state index contributed by atoms with van der Waals surface area (Å²) in [5.74, 6) is 0.275. The minimum Gasteiger partial charge on any atom is -0.544 e. The second-order valence-corrected chi connectivity index (χ2v) is 14.8. The van der Waals surface area contributed by atoms with Gasteiger partial charge in [-0.1, -0.05) is 49.5 Å². The van der Waals surface area contributed by atoms with Crippen LogP contribution in [-0.4, -0.2) is 26.0 Å². The number of rotatable bonds is 11. The molecular formula is C25H34BrFO3Si. The summed E-state index contributed by atoms with van der Waals surface area (Å²) in [7, 11) is -1.95. The maximum absolute atomic E-state index is 14.6. The van der Waals surface area contributed by atoms with Crippen LogP contribution in [-0.2, 0) is 0 Å². The van der Waals surface area contributed by atoms with E-state index < -0.39 is 14.1 Å². The van der Waals surface area contributed by atoms with Crippen LogP contribution in [0, 0.1) is 5.82 Å². The molecule has 3 nitrogen and oxygen atoms in total. The molecule has 0 atom stereocenters. The molecule has 0 aliphatic rings. The summed E-state index contributed by atoms with van der Waals surface area (Å²) in [6.07, 6.45) is 4.31. The molecular weight excluding hydrogens is 475 g/mol. The van der Waals surface area contributed by atoms with Gasteiger partial charge in [-0.25, -0.2) is 4.39 Å². The van der Waals surface area contributed by atoms with Gasteiger partial charge in [0, 0.05) is 17.0 Å². The molecule has 6 heteroatoms. The first-order chi connectivity index (χ1) is 14.5. The highest BCUT2D eigenvalue weighted by atomic mass is 79.9. The number of carbonyl (C=O) groups is 1. The van der Waals surface area contributed by atoms with Gasteiger partial charge < -0.3 is 9.16 Å². The summed E-state index contributed by atoms with van der Waals surface area (Å²) in [6.45, 7) is 11.4. The molecule has 0 spiro atoms. The van der Waals surface area contributed by atoms with Gasteiger partial charge in [0.2, 0.25) is 8.32 Å². The van der Waals surface area contributed by atoms with Crippen molar-refractivity contribution in [1.82, 2.24) is 0 Å². The summed E-state index contributed by atoms with van der Waals surface area (Å²) in [6, 6.07) is 11.4. The molecule has 0 saturated carbocycles. The standard InChI is InChI=1S/C25H34BrFO3Si/c1-25(2,3)31(4,5)30-20-12-10-19(11-13-20)24(28)22-15-14-21(18-23(22)27)29-17-9-7-6-8-16-26/h10-15,18H,6-9,16-17H2,1-5H3. The van der Waals surface area contributed by atoms with Crippen molar-refractivity contribution in [1.29, 1.82) is 0 Å². The fourth-order valence-electron chi connectivity index (χ4n) is 2.79. The average Bonchev–Trinajstić information content (AvgIpc) is 2.70. The predicted molar refractivity (Wildman–Crippen MR) is 132 cm³/mol. The summed E-state index contributed by atoms with van der Waals surface area (Å²) >= 11 is 3.42. The van der Waals surface area contributed by atoms with E-state index in [4.69, 9.17) is 9.16 Å². The zero-order valence-corrected chi connectivity index (χ0v) is 21.9. The lowest BCUT2D eigenvalue weighted by molar-refractivity contribution is 0.103. The van der Waals surface area contributed by atoms with E-state index in [-0.39, 0.29) is 16.4 Å². The van der Waals surface area contributed by atoms with E-state index in [1.807, 2.05) is 0 Å². The monoisotopic (exact) mass is 508 g/mol. The van der Waals surface area contributed by atoms with Gasteiger partial charge in [-0.05, 0) is 67.4 Å². The van der Waals surface area contributed by atoms with E-state index in [0.717, 1.165) is 36.8 Å². The third-order valence-corrected chi connectivity index (χ3v) is 10.7. The van der Waals surface area contributed by atoms with Gasteiger partial charge in [0.05, 0.1) is 12.2 Å². The molecule has 0 heterocycles. The van der Waals surface area contributed by atoms with Gasteiger partial charge in [0.15, 0.2) is 5.78 Å². The first-order valence-corrected chi connectivity index (χ1v) is 14.9. The molecule has 0 unspecified atom stereocenters. The van der Waals surface area contributed by atoms with Crippen LogP contribution in [0.25, 0.3) is 0 Å². The van der Waals surface area contributed by atoms with Gasteiger partial charge in [0.25, 0.3) is 0 Å². The summed E-state index contributed by atoms with van der Waals surface area (Å²) in [4.78, 5) is 12.8. The molecule has 0 saturated heterocycles. The van der Waals surface area contributed by atoms with Gasteiger partial charge in [-0.3, -0.25) is 4.79 Å². The largest absolute Gasteiger partial charge is 0.544 e. The van der Waals surface area contributed by atoms with Gasteiger partial charge in [0.1, 0.15) is 17.3 Å². The van der Waals surface area contributed by atoms with E-state index in [1.54, 1.807) is 30.3 Å². The summed E-state index contributed by atoms with van der Waals surface area (Å²) < 4.78 is 26.4. The van der Waals surface area contributed by atoms with E-state index in [0.29, 0.717) is 17.9 Å². The van der Waals surface area contributed by atoms with Crippen LogP contribution in [0.2, 0.25) is 18.1 Å². The van der Waals surface area contributed by atoms with E-state index >= 15 is 0 Å². The fraction of sp³-hybridized carbons (Fsp3) is 0.480.